The van der Waals surface area contributed by atoms with Gasteiger partial charge in [-0.2, -0.15) is 0 Å². The highest BCUT2D eigenvalue weighted by Crippen LogP contribution is 1.84. The van der Waals surface area contributed by atoms with E-state index in [0.717, 1.165) is 12.2 Å². The van der Waals surface area contributed by atoms with Crippen molar-refractivity contribution in [3.05, 3.63) is 12.2 Å². The average Bonchev–Trinajstić information content (AvgIpc) is 2.20. The van der Waals surface area contributed by atoms with E-state index in [1.165, 1.54) is 0 Å². The van der Waals surface area contributed by atoms with Gasteiger partial charge in [-0.25, -0.2) is 9.59 Å². The van der Waals surface area contributed by atoms with Gasteiger partial charge < -0.3 is 20.9 Å². The van der Waals surface area contributed by atoms with Crippen molar-refractivity contribution in [1.29, 1.82) is 0 Å². The van der Waals surface area contributed by atoms with E-state index < -0.39 is 11.9 Å². The lowest BCUT2D eigenvalue weighted by Crippen LogP contribution is -2.13. The van der Waals surface area contributed by atoms with E-state index in [0.29, 0.717) is 0 Å². The van der Waals surface area contributed by atoms with Crippen LogP contribution in [0.5, 0.6) is 0 Å². The molecule has 0 amide bonds. The van der Waals surface area contributed by atoms with Gasteiger partial charge in [-0.15, -0.1) is 0 Å². The summed E-state index contributed by atoms with van der Waals surface area (Å²) >= 11 is 0. The molecule has 0 rings (SSSR count). The lowest BCUT2D eigenvalue weighted by molar-refractivity contribution is -0.140. The van der Waals surface area contributed by atoms with Crippen LogP contribution >= 0.6 is 0 Å². The van der Waals surface area contributed by atoms with Crippen LogP contribution in [0.4, 0.5) is 0 Å². The summed E-state index contributed by atoms with van der Waals surface area (Å²) in [6.45, 7) is 0.746. The predicted molar refractivity (Wildman–Crippen MR) is 49.2 cm³/mol. The first-order valence-electron chi connectivity index (χ1n) is 4.12. The predicted octanol–water partition coefficient (Wildman–Crippen LogP) is -1.45. The number of esters is 2. The first-order chi connectivity index (χ1) is 6.70. The number of carbonyl (C=O) groups excluding carboxylic acids is 2. The summed E-state index contributed by atoms with van der Waals surface area (Å²) in [6, 6.07) is 0. The maximum absolute atomic E-state index is 10.8. The zero-order valence-corrected chi connectivity index (χ0v) is 7.77. The van der Waals surface area contributed by atoms with E-state index in [1.54, 1.807) is 0 Å². The fourth-order valence-electron chi connectivity index (χ4n) is 0.551. The summed E-state index contributed by atoms with van der Waals surface area (Å²) in [5.74, 6) is -1.25. The van der Waals surface area contributed by atoms with Gasteiger partial charge in [0.1, 0.15) is 13.2 Å². The zero-order valence-electron chi connectivity index (χ0n) is 7.77. The smallest absolute Gasteiger partial charge is 0.331 e. The molecular formula is C8H14N2O4. The molecule has 0 saturated carbocycles. The third-order valence-corrected chi connectivity index (χ3v) is 1.08. The highest BCUT2D eigenvalue weighted by atomic mass is 16.5. The van der Waals surface area contributed by atoms with Gasteiger partial charge in [0.25, 0.3) is 0 Å². The Bertz CT molecular complexity index is 193. The molecule has 0 aromatic heterocycles. The Hall–Kier alpha value is -1.40. The van der Waals surface area contributed by atoms with E-state index in [9.17, 15) is 9.59 Å². The molecule has 0 aliphatic heterocycles. The molecule has 0 aliphatic rings. The maximum Gasteiger partial charge on any atom is 0.331 e. The number of carbonyl (C=O) groups is 2. The Morgan fingerprint density at radius 3 is 1.57 bits per heavy atom. The minimum atomic E-state index is -0.625. The molecule has 0 spiro atoms. The number of ether oxygens (including phenoxy) is 2. The number of nitrogens with two attached hydrogens (primary N) is 2. The SMILES string of the molecule is NCCOC(=O)/C=C\C(=O)OCCN. The quantitative estimate of drug-likeness (QED) is 0.403. The number of hydrogen-bond acceptors (Lipinski definition) is 6. The van der Waals surface area contributed by atoms with E-state index >= 15 is 0 Å². The second kappa shape index (κ2) is 8.21. The van der Waals surface area contributed by atoms with Crippen LogP contribution in [0.25, 0.3) is 0 Å². The van der Waals surface area contributed by atoms with Gasteiger partial charge in [0.05, 0.1) is 0 Å². The second-order valence-electron chi connectivity index (χ2n) is 2.25. The van der Waals surface area contributed by atoms with Crippen molar-refractivity contribution in [3.8, 4) is 0 Å². The summed E-state index contributed by atoms with van der Waals surface area (Å²) in [5.41, 5.74) is 10.2. The van der Waals surface area contributed by atoms with Gasteiger partial charge in [0, 0.05) is 25.2 Å². The summed E-state index contributed by atoms with van der Waals surface area (Å²) in [6.07, 6.45) is 1.96. The van der Waals surface area contributed by atoms with Crippen LogP contribution in [-0.4, -0.2) is 38.2 Å². The second-order valence-corrected chi connectivity index (χ2v) is 2.25. The normalized spacial score (nSPS) is 10.1. The average molecular weight is 202 g/mol. The Kier molecular flexibility index (Phi) is 7.39. The maximum atomic E-state index is 10.8. The highest BCUT2D eigenvalue weighted by molar-refractivity contribution is 5.91. The summed E-state index contributed by atoms with van der Waals surface area (Å²) < 4.78 is 9.13. The van der Waals surface area contributed by atoms with Crippen molar-refractivity contribution in [2.24, 2.45) is 11.5 Å². The molecule has 0 aromatic carbocycles. The van der Waals surface area contributed by atoms with Gasteiger partial charge >= 0.3 is 11.9 Å². The Morgan fingerprint density at radius 1 is 0.929 bits per heavy atom. The van der Waals surface area contributed by atoms with Crippen molar-refractivity contribution in [2.75, 3.05) is 26.3 Å². The van der Waals surface area contributed by atoms with Crippen molar-refractivity contribution < 1.29 is 19.1 Å². The summed E-state index contributed by atoms with van der Waals surface area (Å²) in [5, 5.41) is 0. The molecule has 6 heteroatoms. The molecule has 0 aliphatic carbocycles. The lowest BCUT2D eigenvalue weighted by Gasteiger charge is -1.98. The standard InChI is InChI=1S/C8H14N2O4/c9-3-5-13-7(11)1-2-8(12)14-6-4-10/h1-2H,3-6,9-10H2/b2-1-. The molecule has 0 fully saturated rings. The minimum Gasteiger partial charge on any atom is -0.461 e. The Balaban J connectivity index is 3.68. The summed E-state index contributed by atoms with van der Waals surface area (Å²) in [7, 11) is 0. The van der Waals surface area contributed by atoms with E-state index in [1.807, 2.05) is 0 Å². The van der Waals surface area contributed by atoms with Crippen LogP contribution in [-0.2, 0) is 19.1 Å². The molecule has 0 atom stereocenters. The number of hydrogen-bond donors (Lipinski definition) is 2. The van der Waals surface area contributed by atoms with Gasteiger partial charge in [0.2, 0.25) is 0 Å². The molecule has 0 unspecified atom stereocenters. The van der Waals surface area contributed by atoms with Crippen molar-refractivity contribution in [3.63, 3.8) is 0 Å². The highest BCUT2D eigenvalue weighted by Gasteiger charge is 1.99. The molecule has 0 saturated heterocycles. The Morgan fingerprint density at radius 2 is 1.29 bits per heavy atom. The Labute approximate surface area is 81.8 Å². The van der Waals surface area contributed by atoms with Crippen molar-refractivity contribution >= 4 is 11.9 Å². The molecular weight excluding hydrogens is 188 g/mol. The van der Waals surface area contributed by atoms with Crippen LogP contribution in [0.2, 0.25) is 0 Å². The lowest BCUT2D eigenvalue weighted by atomic mass is 10.5. The van der Waals surface area contributed by atoms with Gasteiger partial charge in [-0.1, -0.05) is 0 Å². The van der Waals surface area contributed by atoms with Crippen LogP contribution in [0, 0.1) is 0 Å². The van der Waals surface area contributed by atoms with E-state index in [2.05, 4.69) is 9.47 Å². The fourth-order valence-corrected chi connectivity index (χ4v) is 0.551. The number of rotatable bonds is 6. The molecule has 4 N–H and O–H groups in total. The van der Waals surface area contributed by atoms with Crippen LogP contribution in [0.15, 0.2) is 12.2 Å². The third kappa shape index (κ3) is 7.26. The minimum absolute atomic E-state index is 0.126. The molecule has 6 nitrogen and oxygen atoms in total. The molecule has 0 aromatic rings. The van der Waals surface area contributed by atoms with Crippen LogP contribution in [0.3, 0.4) is 0 Å². The van der Waals surface area contributed by atoms with Crippen LogP contribution in [0.1, 0.15) is 0 Å². The largest absolute Gasteiger partial charge is 0.461 e. The van der Waals surface area contributed by atoms with Gasteiger partial charge in [0.15, 0.2) is 0 Å². The summed E-state index contributed by atoms with van der Waals surface area (Å²) in [4.78, 5) is 21.6. The molecule has 80 valence electrons. The van der Waals surface area contributed by atoms with Gasteiger partial charge in [-0.05, 0) is 0 Å². The first-order valence-corrected chi connectivity index (χ1v) is 4.12. The molecule has 0 radical (unpaired) electrons. The van der Waals surface area contributed by atoms with Crippen LogP contribution < -0.4 is 11.5 Å². The van der Waals surface area contributed by atoms with E-state index in [-0.39, 0.29) is 26.3 Å². The fraction of sp³-hybridized carbons (Fsp3) is 0.500. The van der Waals surface area contributed by atoms with E-state index in [4.69, 9.17) is 11.5 Å². The molecule has 0 heterocycles. The monoisotopic (exact) mass is 202 g/mol. The third-order valence-electron chi connectivity index (χ3n) is 1.08. The zero-order chi connectivity index (χ0) is 10.8. The van der Waals surface area contributed by atoms with Crippen molar-refractivity contribution in [1.82, 2.24) is 0 Å². The first kappa shape index (κ1) is 12.6. The topological polar surface area (TPSA) is 105 Å². The molecule has 0 bridgehead atoms. The van der Waals surface area contributed by atoms with Crippen molar-refractivity contribution in [2.45, 2.75) is 0 Å². The van der Waals surface area contributed by atoms with Gasteiger partial charge in [-0.3, -0.25) is 0 Å². The molecule has 14 heavy (non-hydrogen) atoms.